The van der Waals surface area contributed by atoms with E-state index in [1.807, 2.05) is 0 Å². The lowest BCUT2D eigenvalue weighted by Crippen LogP contribution is -2.31. The van der Waals surface area contributed by atoms with Crippen LogP contribution in [-0.4, -0.2) is 6.04 Å². The quantitative estimate of drug-likeness (QED) is 0.798. The molecule has 94 valence electrons. The molecule has 0 aromatic heterocycles. The molecule has 0 radical (unpaired) electrons. The molecule has 0 spiro atoms. The van der Waals surface area contributed by atoms with Gasteiger partial charge in [0, 0.05) is 11.5 Å². The van der Waals surface area contributed by atoms with E-state index in [4.69, 9.17) is 5.73 Å². The van der Waals surface area contributed by atoms with E-state index in [-0.39, 0.29) is 6.04 Å². The number of alkyl halides is 3. The van der Waals surface area contributed by atoms with Gasteiger partial charge in [-0.15, -0.1) is 0 Å². The molecule has 0 saturated heterocycles. The van der Waals surface area contributed by atoms with Gasteiger partial charge < -0.3 is 5.73 Å². The molecule has 0 heterocycles. The number of halogens is 4. The van der Waals surface area contributed by atoms with Crippen molar-refractivity contribution in [3.8, 4) is 0 Å². The summed E-state index contributed by atoms with van der Waals surface area (Å²) < 4.78 is 50.8. The first-order valence-electron chi connectivity index (χ1n) is 5.40. The van der Waals surface area contributed by atoms with Gasteiger partial charge in [-0.2, -0.15) is 13.2 Å². The maximum Gasteiger partial charge on any atom is 0.419 e. The minimum Gasteiger partial charge on any atom is -0.327 e. The fourth-order valence-corrected chi connectivity index (χ4v) is 2.19. The maximum absolute atomic E-state index is 13.1. The minimum absolute atomic E-state index is 0.228. The van der Waals surface area contributed by atoms with Crippen molar-refractivity contribution >= 4 is 0 Å². The van der Waals surface area contributed by atoms with Gasteiger partial charge in [-0.25, -0.2) is 4.39 Å². The highest BCUT2D eigenvalue weighted by atomic mass is 19.4. The molecule has 1 atom stereocenters. The third-order valence-corrected chi connectivity index (χ3v) is 3.51. The molecule has 2 rings (SSSR count). The van der Waals surface area contributed by atoms with Gasteiger partial charge in [0.05, 0.1) is 5.56 Å². The van der Waals surface area contributed by atoms with Crippen LogP contribution in [0.5, 0.6) is 0 Å². The zero-order valence-corrected chi connectivity index (χ0v) is 9.31. The van der Waals surface area contributed by atoms with Crippen LogP contribution in [0.15, 0.2) is 18.2 Å². The van der Waals surface area contributed by atoms with Crippen LogP contribution >= 0.6 is 0 Å². The fraction of sp³-hybridized carbons (Fsp3) is 0.500. The van der Waals surface area contributed by atoms with E-state index in [1.54, 1.807) is 6.92 Å². The zero-order valence-electron chi connectivity index (χ0n) is 9.31. The van der Waals surface area contributed by atoms with Gasteiger partial charge in [-0.05, 0) is 37.5 Å². The van der Waals surface area contributed by atoms with E-state index in [0.29, 0.717) is 5.56 Å². The third kappa shape index (κ3) is 2.04. The van der Waals surface area contributed by atoms with Gasteiger partial charge >= 0.3 is 6.18 Å². The molecule has 1 fully saturated rings. The molecule has 1 aliphatic rings. The van der Waals surface area contributed by atoms with Crippen molar-refractivity contribution in [3.63, 3.8) is 0 Å². The molecule has 2 N–H and O–H groups in total. The molecule has 1 nitrogen and oxygen atoms in total. The van der Waals surface area contributed by atoms with Gasteiger partial charge in [0.25, 0.3) is 0 Å². The van der Waals surface area contributed by atoms with Crippen LogP contribution in [0.1, 0.15) is 30.9 Å². The third-order valence-electron chi connectivity index (χ3n) is 3.51. The van der Waals surface area contributed by atoms with Crippen molar-refractivity contribution in [3.05, 3.63) is 35.1 Å². The first-order chi connectivity index (χ1) is 7.77. The molecule has 0 aliphatic heterocycles. The normalized spacial score (nSPS) is 20.1. The Balaban J connectivity index is 2.46. The summed E-state index contributed by atoms with van der Waals surface area (Å²) in [5.74, 6) is -1.23. The van der Waals surface area contributed by atoms with E-state index < -0.39 is 23.0 Å². The SMILES string of the molecule is CC(N)C1(c2ccc(F)c(C(F)(F)F)c2)CC1. The standard InChI is InChI=1S/C12H13F4N/c1-7(17)11(4-5-11)8-2-3-10(13)9(6-8)12(14,15)16/h2-3,6-7H,4-5,17H2,1H3. The number of rotatable bonds is 2. The summed E-state index contributed by atoms with van der Waals surface area (Å²) in [6.45, 7) is 1.77. The van der Waals surface area contributed by atoms with Gasteiger partial charge in [-0.3, -0.25) is 0 Å². The molecule has 0 bridgehead atoms. The molecule has 0 amide bonds. The zero-order chi connectivity index (χ0) is 12.8. The van der Waals surface area contributed by atoms with E-state index in [2.05, 4.69) is 0 Å². The second-order valence-corrected chi connectivity index (χ2v) is 4.64. The van der Waals surface area contributed by atoms with Crippen molar-refractivity contribution < 1.29 is 17.6 Å². The van der Waals surface area contributed by atoms with Gasteiger partial charge in [0.15, 0.2) is 0 Å². The van der Waals surface area contributed by atoms with E-state index >= 15 is 0 Å². The second-order valence-electron chi connectivity index (χ2n) is 4.64. The van der Waals surface area contributed by atoms with Crippen LogP contribution in [0.25, 0.3) is 0 Å². The lowest BCUT2D eigenvalue weighted by molar-refractivity contribution is -0.140. The number of nitrogens with two attached hydrogens (primary N) is 1. The van der Waals surface area contributed by atoms with Gasteiger partial charge in [0.1, 0.15) is 5.82 Å². The summed E-state index contributed by atoms with van der Waals surface area (Å²) in [5, 5.41) is 0. The topological polar surface area (TPSA) is 26.0 Å². The van der Waals surface area contributed by atoms with E-state index in [9.17, 15) is 17.6 Å². The predicted molar refractivity (Wildman–Crippen MR) is 56.0 cm³/mol. The highest BCUT2D eigenvalue weighted by molar-refractivity contribution is 5.38. The van der Waals surface area contributed by atoms with Crippen molar-refractivity contribution in [1.82, 2.24) is 0 Å². The summed E-state index contributed by atoms with van der Waals surface area (Å²) in [5.41, 5.74) is 4.67. The van der Waals surface area contributed by atoms with Crippen LogP contribution in [0.3, 0.4) is 0 Å². The fourth-order valence-electron chi connectivity index (χ4n) is 2.19. The van der Waals surface area contributed by atoms with Crippen LogP contribution in [0.2, 0.25) is 0 Å². The summed E-state index contributed by atoms with van der Waals surface area (Å²) in [7, 11) is 0. The van der Waals surface area contributed by atoms with E-state index in [1.165, 1.54) is 6.07 Å². The smallest absolute Gasteiger partial charge is 0.327 e. The lowest BCUT2D eigenvalue weighted by Gasteiger charge is -2.21. The Morgan fingerprint density at radius 2 is 1.88 bits per heavy atom. The molecule has 1 aromatic carbocycles. The lowest BCUT2D eigenvalue weighted by atomic mass is 9.88. The Morgan fingerprint density at radius 1 is 1.29 bits per heavy atom. The summed E-state index contributed by atoms with van der Waals surface area (Å²) >= 11 is 0. The summed E-state index contributed by atoms with van der Waals surface area (Å²) in [6, 6.07) is 2.95. The van der Waals surface area contributed by atoms with Crippen molar-refractivity contribution in [1.29, 1.82) is 0 Å². The maximum atomic E-state index is 13.1. The van der Waals surface area contributed by atoms with Crippen molar-refractivity contribution in [2.45, 2.75) is 37.4 Å². The van der Waals surface area contributed by atoms with Gasteiger partial charge in [0.2, 0.25) is 0 Å². The van der Waals surface area contributed by atoms with E-state index in [0.717, 1.165) is 25.0 Å². The average Bonchev–Trinajstić information content (AvgIpc) is 2.97. The Labute approximate surface area is 96.6 Å². The molecule has 17 heavy (non-hydrogen) atoms. The second kappa shape index (κ2) is 3.70. The van der Waals surface area contributed by atoms with Crippen LogP contribution in [-0.2, 0) is 11.6 Å². The summed E-state index contributed by atoms with van der Waals surface area (Å²) in [6.07, 6.45) is -3.14. The van der Waals surface area contributed by atoms with Crippen LogP contribution in [0, 0.1) is 5.82 Å². The van der Waals surface area contributed by atoms with Crippen LogP contribution < -0.4 is 5.73 Å². The Morgan fingerprint density at radius 3 is 2.29 bits per heavy atom. The molecule has 1 unspecified atom stereocenters. The Kier molecular flexibility index (Phi) is 2.69. The number of hydrogen-bond donors (Lipinski definition) is 1. The minimum atomic E-state index is -4.66. The molecule has 1 aromatic rings. The highest BCUT2D eigenvalue weighted by Gasteiger charge is 2.48. The molecule has 1 aliphatic carbocycles. The summed E-state index contributed by atoms with van der Waals surface area (Å²) in [4.78, 5) is 0. The molecular formula is C12H13F4N. The number of hydrogen-bond acceptors (Lipinski definition) is 1. The molecule has 1 saturated carbocycles. The first-order valence-corrected chi connectivity index (χ1v) is 5.40. The van der Waals surface area contributed by atoms with Crippen molar-refractivity contribution in [2.75, 3.05) is 0 Å². The Bertz CT molecular complexity index is 433. The largest absolute Gasteiger partial charge is 0.419 e. The Hall–Kier alpha value is -1.10. The average molecular weight is 247 g/mol. The number of benzene rings is 1. The molecular weight excluding hydrogens is 234 g/mol. The highest BCUT2D eigenvalue weighted by Crippen LogP contribution is 2.51. The van der Waals surface area contributed by atoms with Gasteiger partial charge in [-0.1, -0.05) is 6.07 Å². The molecule has 5 heteroatoms. The monoisotopic (exact) mass is 247 g/mol. The first kappa shape index (κ1) is 12.4. The van der Waals surface area contributed by atoms with Crippen molar-refractivity contribution in [2.24, 2.45) is 5.73 Å². The van der Waals surface area contributed by atoms with Crippen LogP contribution in [0.4, 0.5) is 17.6 Å². The predicted octanol–water partition coefficient (Wildman–Crippen LogP) is 3.22.